The maximum absolute atomic E-state index is 11.1. The molecule has 96 valence electrons. The Labute approximate surface area is 108 Å². The Balaban J connectivity index is 2.20. The molecule has 6 heteroatoms. The molecule has 2 amide bonds. The van der Waals surface area contributed by atoms with E-state index < -0.39 is 18.0 Å². The molecular formula is C13H9NO5. The fraction of sp³-hybridized carbons (Fsp3) is 0. The topological polar surface area (TPSA) is 92.7 Å². The average molecular weight is 259 g/mol. The molecular weight excluding hydrogens is 250 g/mol. The number of carboxylic acids is 1. The van der Waals surface area contributed by atoms with E-state index in [9.17, 15) is 14.4 Å². The van der Waals surface area contributed by atoms with Crippen LogP contribution in [-0.2, 0) is 9.53 Å². The zero-order chi connectivity index (χ0) is 13.8. The maximum atomic E-state index is 11.1. The molecule has 2 rings (SSSR count). The van der Waals surface area contributed by atoms with Crippen molar-refractivity contribution in [3.63, 3.8) is 0 Å². The van der Waals surface area contributed by atoms with E-state index in [0.29, 0.717) is 5.56 Å². The molecule has 0 atom stereocenters. The highest BCUT2D eigenvalue weighted by molar-refractivity contribution is 6.07. The Hall–Kier alpha value is -2.89. The minimum absolute atomic E-state index is 0.131. The highest BCUT2D eigenvalue weighted by Crippen LogP contribution is 2.12. The number of carbonyl (C=O) groups is 3. The molecule has 0 unspecified atom stereocenters. The molecule has 0 aliphatic carbocycles. The van der Waals surface area contributed by atoms with E-state index in [1.54, 1.807) is 18.2 Å². The highest BCUT2D eigenvalue weighted by atomic mass is 16.6. The Bertz CT molecular complexity index is 615. The number of nitrogens with one attached hydrogen (secondary N) is 1. The Morgan fingerprint density at radius 1 is 1.26 bits per heavy atom. The number of ether oxygens (including phenoxy) is 1. The van der Waals surface area contributed by atoms with Crippen molar-refractivity contribution in [2.75, 3.05) is 0 Å². The van der Waals surface area contributed by atoms with Gasteiger partial charge in [-0.3, -0.25) is 10.1 Å². The number of aromatic carboxylic acids is 1. The van der Waals surface area contributed by atoms with E-state index in [0.717, 1.165) is 0 Å². The lowest BCUT2D eigenvalue weighted by Gasteiger charge is -1.98. The van der Waals surface area contributed by atoms with Crippen LogP contribution in [0.25, 0.3) is 6.08 Å². The summed E-state index contributed by atoms with van der Waals surface area (Å²) in [6.45, 7) is 0. The van der Waals surface area contributed by atoms with Crippen LogP contribution in [0.3, 0.4) is 0 Å². The van der Waals surface area contributed by atoms with Crippen molar-refractivity contribution in [2.45, 2.75) is 0 Å². The first-order valence-electron chi connectivity index (χ1n) is 5.32. The molecule has 0 aromatic heterocycles. The number of benzene rings is 1. The van der Waals surface area contributed by atoms with Crippen LogP contribution in [0, 0.1) is 0 Å². The van der Waals surface area contributed by atoms with Gasteiger partial charge in [-0.15, -0.1) is 0 Å². The Morgan fingerprint density at radius 2 is 2.00 bits per heavy atom. The lowest BCUT2D eigenvalue weighted by atomic mass is 10.1. The second kappa shape index (κ2) is 5.18. The van der Waals surface area contributed by atoms with E-state index in [1.165, 1.54) is 24.3 Å². The summed E-state index contributed by atoms with van der Waals surface area (Å²) in [4.78, 5) is 32.8. The summed E-state index contributed by atoms with van der Waals surface area (Å²) in [7, 11) is 0. The largest absolute Gasteiger partial charge is 0.478 e. The van der Waals surface area contributed by atoms with Gasteiger partial charge in [0.1, 0.15) is 0 Å². The van der Waals surface area contributed by atoms with E-state index in [-0.39, 0.29) is 11.3 Å². The smallest absolute Gasteiger partial charge is 0.419 e. The lowest BCUT2D eigenvalue weighted by molar-refractivity contribution is -0.116. The Kier molecular flexibility index (Phi) is 3.42. The van der Waals surface area contributed by atoms with Gasteiger partial charge >= 0.3 is 12.1 Å². The van der Waals surface area contributed by atoms with Gasteiger partial charge in [0.25, 0.3) is 5.91 Å². The van der Waals surface area contributed by atoms with Gasteiger partial charge in [0.15, 0.2) is 5.76 Å². The third kappa shape index (κ3) is 2.86. The first-order chi connectivity index (χ1) is 9.08. The number of rotatable bonds is 3. The van der Waals surface area contributed by atoms with Crippen molar-refractivity contribution in [3.8, 4) is 0 Å². The number of hydrogen-bond donors (Lipinski definition) is 2. The number of imide groups is 1. The normalized spacial score (nSPS) is 16.7. The summed E-state index contributed by atoms with van der Waals surface area (Å²) < 4.78 is 4.58. The number of hydrogen-bond acceptors (Lipinski definition) is 4. The van der Waals surface area contributed by atoms with Crippen molar-refractivity contribution >= 4 is 24.0 Å². The predicted octanol–water partition coefficient (Wildman–Crippen LogP) is 1.55. The van der Waals surface area contributed by atoms with Gasteiger partial charge in [0.2, 0.25) is 0 Å². The zero-order valence-corrected chi connectivity index (χ0v) is 9.62. The van der Waals surface area contributed by atoms with Crippen molar-refractivity contribution < 1.29 is 24.2 Å². The molecule has 1 aliphatic heterocycles. The second-order valence-electron chi connectivity index (χ2n) is 3.63. The first-order valence-corrected chi connectivity index (χ1v) is 5.32. The summed E-state index contributed by atoms with van der Waals surface area (Å²) in [5, 5.41) is 10.9. The maximum Gasteiger partial charge on any atom is 0.419 e. The number of alkyl carbamates (subject to hydrolysis) is 1. The summed E-state index contributed by atoms with van der Waals surface area (Å²) in [6, 6.07) is 6.41. The van der Waals surface area contributed by atoms with E-state index in [1.807, 2.05) is 5.32 Å². The standard InChI is InChI=1S/C13H9NO5/c15-11-10(19-13(18)14-11)7-3-5-8-4-1-2-6-9(8)12(16)17/h1-7H,(H,16,17)(H,14,15,18). The van der Waals surface area contributed by atoms with Crippen LogP contribution in [0.1, 0.15) is 15.9 Å². The quantitative estimate of drug-likeness (QED) is 0.803. The van der Waals surface area contributed by atoms with Gasteiger partial charge < -0.3 is 9.84 Å². The van der Waals surface area contributed by atoms with Crippen molar-refractivity contribution in [1.82, 2.24) is 5.32 Å². The van der Waals surface area contributed by atoms with Gasteiger partial charge in [-0.1, -0.05) is 30.4 Å². The van der Waals surface area contributed by atoms with Gasteiger partial charge in [-0.2, -0.15) is 0 Å². The van der Waals surface area contributed by atoms with Crippen LogP contribution in [0.4, 0.5) is 4.79 Å². The number of amides is 2. The summed E-state index contributed by atoms with van der Waals surface area (Å²) >= 11 is 0. The molecule has 1 aromatic carbocycles. The molecule has 1 saturated heterocycles. The number of carbonyl (C=O) groups excluding carboxylic acids is 2. The molecule has 2 N–H and O–H groups in total. The third-order valence-electron chi connectivity index (χ3n) is 2.36. The molecule has 1 fully saturated rings. The molecule has 1 aliphatic rings. The molecule has 6 nitrogen and oxygen atoms in total. The Morgan fingerprint density at radius 3 is 2.63 bits per heavy atom. The van der Waals surface area contributed by atoms with Crippen LogP contribution in [0.15, 0.2) is 42.2 Å². The van der Waals surface area contributed by atoms with Gasteiger partial charge in [-0.05, 0) is 17.7 Å². The number of cyclic esters (lactones) is 1. The number of carboxylic acid groups (broad SMARTS) is 1. The molecule has 0 radical (unpaired) electrons. The summed E-state index contributed by atoms with van der Waals surface area (Å²) in [6.07, 6.45) is 3.42. The molecule has 0 spiro atoms. The van der Waals surface area contributed by atoms with Crippen LogP contribution in [0.5, 0.6) is 0 Å². The average Bonchev–Trinajstić information content (AvgIpc) is 2.68. The van der Waals surface area contributed by atoms with E-state index >= 15 is 0 Å². The molecule has 19 heavy (non-hydrogen) atoms. The van der Waals surface area contributed by atoms with Gasteiger partial charge in [0, 0.05) is 0 Å². The first kappa shape index (κ1) is 12.6. The lowest BCUT2D eigenvalue weighted by Crippen LogP contribution is -2.18. The van der Waals surface area contributed by atoms with Gasteiger partial charge in [0.05, 0.1) is 5.56 Å². The van der Waals surface area contributed by atoms with Crippen molar-refractivity contribution in [1.29, 1.82) is 0 Å². The predicted molar refractivity (Wildman–Crippen MR) is 65.1 cm³/mol. The molecule has 0 bridgehead atoms. The SMILES string of the molecule is O=C1NC(=O)C(=CC=Cc2ccccc2C(=O)O)O1. The fourth-order valence-electron chi connectivity index (χ4n) is 1.51. The zero-order valence-electron chi connectivity index (χ0n) is 9.62. The summed E-state index contributed by atoms with van der Waals surface area (Å²) in [5.41, 5.74) is 0.626. The molecule has 0 saturated carbocycles. The van der Waals surface area contributed by atoms with Crippen LogP contribution < -0.4 is 5.32 Å². The monoisotopic (exact) mass is 259 g/mol. The minimum atomic E-state index is -1.04. The molecule has 1 aromatic rings. The highest BCUT2D eigenvalue weighted by Gasteiger charge is 2.25. The minimum Gasteiger partial charge on any atom is -0.478 e. The van der Waals surface area contributed by atoms with E-state index in [4.69, 9.17) is 5.11 Å². The third-order valence-corrected chi connectivity index (χ3v) is 2.36. The van der Waals surface area contributed by atoms with Crippen molar-refractivity contribution in [3.05, 3.63) is 53.3 Å². The van der Waals surface area contributed by atoms with Crippen LogP contribution in [-0.4, -0.2) is 23.1 Å². The van der Waals surface area contributed by atoms with Crippen molar-refractivity contribution in [2.24, 2.45) is 0 Å². The fourth-order valence-corrected chi connectivity index (χ4v) is 1.51. The molecule has 1 heterocycles. The van der Waals surface area contributed by atoms with Gasteiger partial charge in [-0.25, -0.2) is 9.59 Å². The number of allylic oxidation sites excluding steroid dienone is 2. The van der Waals surface area contributed by atoms with E-state index in [2.05, 4.69) is 4.74 Å². The van der Waals surface area contributed by atoms with Crippen LogP contribution >= 0.6 is 0 Å². The van der Waals surface area contributed by atoms with Crippen LogP contribution in [0.2, 0.25) is 0 Å². The second-order valence-corrected chi connectivity index (χ2v) is 3.63. The summed E-state index contributed by atoms with van der Waals surface area (Å²) in [5.74, 6) is -1.80.